The van der Waals surface area contributed by atoms with E-state index in [1.165, 1.54) is 0 Å². The summed E-state index contributed by atoms with van der Waals surface area (Å²) in [6.45, 7) is 12.3. The Labute approximate surface area is 202 Å². The summed E-state index contributed by atoms with van der Waals surface area (Å²) in [5.41, 5.74) is 1.37. The first-order valence-corrected chi connectivity index (χ1v) is 15.9. The zero-order valence-electron chi connectivity index (χ0n) is 21.0. The van der Waals surface area contributed by atoms with Gasteiger partial charge in [-0.05, 0) is 50.0 Å². The fourth-order valence-electron chi connectivity index (χ4n) is 5.97. The van der Waals surface area contributed by atoms with E-state index in [4.69, 9.17) is 8.95 Å². The van der Waals surface area contributed by atoms with Gasteiger partial charge in [-0.1, -0.05) is 27.7 Å². The molecule has 33 heavy (non-hydrogen) atoms. The molecular weight excluding hydrogens is 456 g/mol. The first-order chi connectivity index (χ1) is 15.8. The number of likely N-dealkylation sites (tertiary alicyclic amines) is 1. The van der Waals surface area contributed by atoms with Crippen molar-refractivity contribution in [1.82, 2.24) is 14.8 Å². The van der Waals surface area contributed by atoms with Gasteiger partial charge in [0.1, 0.15) is 14.7 Å². The Morgan fingerprint density at radius 3 is 2.58 bits per heavy atom. The fraction of sp³-hybridized carbons (Fsp3) is 0.818. The van der Waals surface area contributed by atoms with Crippen molar-refractivity contribution in [2.24, 2.45) is 11.8 Å². The largest absolute Gasteiger partial charge is 0.428 e. The zero-order chi connectivity index (χ0) is 24.3. The number of aliphatic hydroxyl groups excluding tert-OH is 1. The summed E-state index contributed by atoms with van der Waals surface area (Å²) in [6, 6.07) is 3.15. The van der Waals surface area contributed by atoms with Gasteiger partial charge in [0.25, 0.3) is 0 Å². The standard InChI is InChI=1S/C22H41BN3O5PSi/c1-6-33(7-2,8-3)31-15(5)18-19-14(4)17(12-25-11-9-10-16(25)13-27)20(26(19)21(18)28)22(29)30-32-24-23/h14-16,18-19,24,27,32H,6-13,23H2,1-5H3/t14-,15+,16-,18+,19+/m0/s1. The van der Waals surface area contributed by atoms with Crippen LogP contribution in [-0.2, 0) is 18.5 Å². The zero-order valence-corrected chi connectivity index (χ0v) is 23.0. The molecule has 0 saturated carbocycles. The molecule has 2 N–H and O–H groups in total. The SMILES string of the molecule is BNPOC(=O)C1=C(CN2CCC[C@H]2CO)[C@H](C)[C@@H]2[C@@H]([C@@H](C)O[Si](CC)(CC)CC)C(=O)N12. The molecule has 1 unspecified atom stereocenters. The molecule has 2 saturated heterocycles. The highest BCUT2D eigenvalue weighted by molar-refractivity contribution is 7.32. The minimum absolute atomic E-state index is 0.0274. The van der Waals surface area contributed by atoms with Crippen LogP contribution in [0.2, 0.25) is 18.1 Å². The number of nitrogens with one attached hydrogen (secondary N) is 1. The van der Waals surface area contributed by atoms with Crippen LogP contribution in [0, 0.1) is 11.8 Å². The van der Waals surface area contributed by atoms with E-state index in [0.717, 1.165) is 43.1 Å². The molecule has 0 aromatic heterocycles. The minimum atomic E-state index is -1.86. The number of aliphatic hydroxyl groups is 1. The number of carbonyl (C=O) groups excluding carboxylic acids is 2. The van der Waals surface area contributed by atoms with E-state index in [0.29, 0.717) is 12.2 Å². The lowest BCUT2D eigenvalue weighted by Crippen LogP contribution is -2.65. The molecule has 0 aliphatic carbocycles. The minimum Gasteiger partial charge on any atom is -0.428 e. The molecule has 0 radical (unpaired) electrons. The maximum atomic E-state index is 13.4. The van der Waals surface area contributed by atoms with Gasteiger partial charge >= 0.3 is 5.97 Å². The lowest BCUT2D eigenvalue weighted by Gasteiger charge is -2.49. The van der Waals surface area contributed by atoms with Gasteiger partial charge < -0.3 is 24.0 Å². The second-order valence-electron chi connectivity index (χ2n) is 9.64. The van der Waals surface area contributed by atoms with Crippen LogP contribution in [0.3, 0.4) is 0 Å². The second kappa shape index (κ2) is 11.3. The normalized spacial score (nSPS) is 29.2. The molecule has 1 amide bonds. The topological polar surface area (TPSA) is 91.3 Å². The summed E-state index contributed by atoms with van der Waals surface area (Å²) in [5, 5.41) is 9.79. The third kappa shape index (κ3) is 4.98. The van der Waals surface area contributed by atoms with Gasteiger partial charge in [0.2, 0.25) is 5.91 Å². The van der Waals surface area contributed by atoms with E-state index >= 15 is 0 Å². The van der Waals surface area contributed by atoms with E-state index in [1.807, 2.05) is 6.92 Å². The van der Waals surface area contributed by atoms with Gasteiger partial charge in [-0.15, -0.1) is 0 Å². The van der Waals surface area contributed by atoms with Crippen LogP contribution in [0.1, 0.15) is 47.5 Å². The molecule has 0 aromatic carbocycles. The quantitative estimate of drug-likeness (QED) is 0.241. The molecule has 186 valence electrons. The molecule has 0 aromatic rings. The molecule has 6 atom stereocenters. The van der Waals surface area contributed by atoms with Crippen molar-refractivity contribution in [1.29, 1.82) is 0 Å². The lowest BCUT2D eigenvalue weighted by molar-refractivity contribution is -0.161. The van der Waals surface area contributed by atoms with Gasteiger partial charge in [-0.25, -0.2) is 4.79 Å². The van der Waals surface area contributed by atoms with Crippen molar-refractivity contribution in [2.75, 3.05) is 19.7 Å². The summed E-state index contributed by atoms with van der Waals surface area (Å²) in [4.78, 5) is 33.3. The number of amides is 1. The molecule has 0 bridgehead atoms. The maximum Gasteiger partial charge on any atom is 0.358 e. The first kappa shape index (κ1) is 26.8. The van der Waals surface area contributed by atoms with Crippen LogP contribution in [-0.4, -0.2) is 81.0 Å². The smallest absolute Gasteiger partial charge is 0.358 e. The molecular formula is C22H41BN3O5PSi. The van der Waals surface area contributed by atoms with Crippen LogP contribution in [0.4, 0.5) is 0 Å². The Kier molecular flexibility index (Phi) is 9.20. The molecule has 8 nitrogen and oxygen atoms in total. The fourth-order valence-corrected chi connectivity index (χ4v) is 9.20. The van der Waals surface area contributed by atoms with E-state index in [1.54, 1.807) is 12.9 Å². The van der Waals surface area contributed by atoms with Gasteiger partial charge in [0, 0.05) is 18.5 Å². The van der Waals surface area contributed by atoms with Crippen molar-refractivity contribution in [3.8, 4) is 0 Å². The van der Waals surface area contributed by atoms with E-state index < -0.39 is 14.3 Å². The summed E-state index contributed by atoms with van der Waals surface area (Å²) in [5.74, 6) is -0.664. The predicted molar refractivity (Wildman–Crippen MR) is 136 cm³/mol. The molecule has 3 aliphatic rings. The highest BCUT2D eigenvalue weighted by Crippen LogP contribution is 2.49. The number of β-lactam (4-membered cyclic amide) rings is 1. The van der Waals surface area contributed by atoms with Crippen molar-refractivity contribution in [2.45, 2.75) is 83.8 Å². The van der Waals surface area contributed by atoms with Crippen LogP contribution < -0.4 is 5.00 Å². The lowest BCUT2D eigenvalue weighted by atomic mass is 9.77. The van der Waals surface area contributed by atoms with Crippen LogP contribution >= 0.6 is 8.96 Å². The Balaban J connectivity index is 1.86. The molecule has 0 spiro atoms. The van der Waals surface area contributed by atoms with E-state index in [2.05, 4.69) is 37.6 Å². The van der Waals surface area contributed by atoms with Gasteiger partial charge in [-0.3, -0.25) is 9.69 Å². The summed E-state index contributed by atoms with van der Waals surface area (Å²) in [7, 11) is -0.286. The molecule has 3 heterocycles. The van der Waals surface area contributed by atoms with Crippen LogP contribution in [0.15, 0.2) is 11.3 Å². The summed E-state index contributed by atoms with van der Waals surface area (Å²) in [6.07, 6.45) is 1.82. The number of hydrogen-bond acceptors (Lipinski definition) is 7. The van der Waals surface area contributed by atoms with Gasteiger partial charge in [0.05, 0.1) is 24.7 Å². The number of rotatable bonds is 12. The van der Waals surface area contributed by atoms with Crippen LogP contribution in [0.25, 0.3) is 0 Å². The molecule has 11 heteroatoms. The van der Waals surface area contributed by atoms with Gasteiger partial charge in [-0.2, -0.15) is 0 Å². The van der Waals surface area contributed by atoms with Crippen molar-refractivity contribution in [3.63, 3.8) is 0 Å². The highest BCUT2D eigenvalue weighted by atomic mass is 31.1. The average Bonchev–Trinajstić information content (AvgIpc) is 3.36. The molecule has 2 fully saturated rings. The summed E-state index contributed by atoms with van der Waals surface area (Å²) < 4.78 is 12.1. The van der Waals surface area contributed by atoms with Crippen LogP contribution in [0.5, 0.6) is 0 Å². The third-order valence-electron chi connectivity index (χ3n) is 8.19. The number of carbonyl (C=O) groups is 2. The van der Waals surface area contributed by atoms with E-state index in [-0.39, 0.29) is 51.5 Å². The highest BCUT2D eigenvalue weighted by Gasteiger charge is 2.61. The Morgan fingerprint density at radius 2 is 2.00 bits per heavy atom. The Bertz CT molecular complexity index is 760. The van der Waals surface area contributed by atoms with Gasteiger partial charge in [0.15, 0.2) is 16.3 Å². The average molecular weight is 497 g/mol. The molecule has 3 rings (SSSR count). The molecule has 3 aliphatic heterocycles. The maximum absolute atomic E-state index is 13.4. The Morgan fingerprint density at radius 1 is 1.33 bits per heavy atom. The Hall–Kier alpha value is -0.768. The second-order valence-corrected chi connectivity index (χ2v) is 15.3. The number of nitrogens with zero attached hydrogens (tertiary/aromatic N) is 2. The third-order valence-corrected chi connectivity index (χ3v) is 13.4. The predicted octanol–water partition coefficient (Wildman–Crippen LogP) is 1.77. The summed E-state index contributed by atoms with van der Waals surface area (Å²) >= 11 is 0. The van der Waals surface area contributed by atoms with Crippen molar-refractivity contribution >= 4 is 37.1 Å². The first-order valence-electron chi connectivity index (χ1n) is 12.5. The number of fused-ring (bicyclic) bond motifs is 1. The number of hydrogen-bond donors (Lipinski definition) is 2. The van der Waals surface area contributed by atoms with E-state index in [9.17, 15) is 14.7 Å². The van der Waals surface area contributed by atoms with Crippen molar-refractivity contribution in [3.05, 3.63) is 11.3 Å². The van der Waals surface area contributed by atoms with Crippen molar-refractivity contribution < 1.29 is 23.6 Å². The monoisotopic (exact) mass is 497 g/mol.